The first kappa shape index (κ1) is 21.2. The molecule has 0 aliphatic carbocycles. The number of fused-ring (bicyclic) bond motifs is 2. The lowest BCUT2D eigenvalue weighted by Crippen LogP contribution is -2.13. The quantitative estimate of drug-likeness (QED) is 0.269. The standard InChI is InChI=1S/C29H23N3O2/c1-19(20-14-16-21(17-15-20)29(34)31-25-11-5-4-10-24(25)30)18-32-26-12-6-2-8-22(26)28(33)23-9-3-7-13-27(23)32/h2-17H,1,18,30H2,(H,31,34). The van der Waals surface area contributed by atoms with Gasteiger partial charge >= 0.3 is 0 Å². The third-order valence-corrected chi connectivity index (χ3v) is 5.99. The van der Waals surface area contributed by atoms with Crippen LogP contribution in [0.15, 0.2) is 108 Å². The summed E-state index contributed by atoms with van der Waals surface area (Å²) in [5, 5.41) is 4.20. The molecule has 0 aliphatic rings. The van der Waals surface area contributed by atoms with Crippen LogP contribution in [0, 0.1) is 0 Å². The Bertz CT molecular complexity index is 1560. The highest BCUT2D eigenvalue weighted by Crippen LogP contribution is 2.24. The number of para-hydroxylation sites is 4. The van der Waals surface area contributed by atoms with Crippen molar-refractivity contribution in [1.82, 2.24) is 4.57 Å². The van der Waals surface area contributed by atoms with E-state index < -0.39 is 0 Å². The maximum atomic E-state index is 13.0. The van der Waals surface area contributed by atoms with Gasteiger partial charge in [-0.1, -0.05) is 55.1 Å². The minimum atomic E-state index is -0.229. The molecule has 166 valence electrons. The minimum Gasteiger partial charge on any atom is -0.397 e. The number of allylic oxidation sites excluding steroid dienone is 1. The Morgan fingerprint density at radius 1 is 0.765 bits per heavy atom. The number of nitrogens with one attached hydrogen (secondary N) is 1. The van der Waals surface area contributed by atoms with Gasteiger partial charge in [-0.15, -0.1) is 0 Å². The topological polar surface area (TPSA) is 77.1 Å². The van der Waals surface area contributed by atoms with Gasteiger partial charge in [-0.25, -0.2) is 0 Å². The molecule has 0 unspecified atom stereocenters. The van der Waals surface area contributed by atoms with E-state index in [9.17, 15) is 9.59 Å². The van der Waals surface area contributed by atoms with Crippen molar-refractivity contribution in [2.75, 3.05) is 11.1 Å². The Hall–Kier alpha value is -4.64. The number of nitrogens with two attached hydrogens (primary N) is 1. The van der Waals surface area contributed by atoms with E-state index in [4.69, 9.17) is 5.73 Å². The predicted octanol–water partition coefficient (Wildman–Crippen LogP) is 5.70. The number of carbonyl (C=O) groups is 1. The molecule has 34 heavy (non-hydrogen) atoms. The van der Waals surface area contributed by atoms with E-state index in [2.05, 4.69) is 16.5 Å². The van der Waals surface area contributed by atoms with Crippen molar-refractivity contribution in [1.29, 1.82) is 0 Å². The van der Waals surface area contributed by atoms with Crippen molar-refractivity contribution in [2.24, 2.45) is 0 Å². The summed E-state index contributed by atoms with van der Waals surface area (Å²) in [6.45, 7) is 4.80. The first-order chi connectivity index (χ1) is 16.5. The molecule has 3 N–H and O–H groups in total. The van der Waals surface area contributed by atoms with E-state index in [-0.39, 0.29) is 11.3 Å². The SMILES string of the molecule is C=C(Cn1c2ccccc2c(=O)c2ccccc21)c1ccc(C(=O)Nc2ccccc2N)cc1. The molecule has 0 bridgehead atoms. The predicted molar refractivity (Wildman–Crippen MR) is 140 cm³/mol. The lowest BCUT2D eigenvalue weighted by molar-refractivity contribution is 0.102. The highest BCUT2D eigenvalue weighted by Gasteiger charge is 2.12. The summed E-state index contributed by atoms with van der Waals surface area (Å²) in [6, 6.07) is 29.7. The number of nitrogen functional groups attached to an aromatic ring is 1. The molecule has 5 aromatic rings. The first-order valence-electron chi connectivity index (χ1n) is 11.0. The zero-order chi connectivity index (χ0) is 23.7. The second-order valence-corrected chi connectivity index (χ2v) is 8.17. The molecular weight excluding hydrogens is 422 g/mol. The Kier molecular flexibility index (Phi) is 5.44. The smallest absolute Gasteiger partial charge is 0.255 e. The van der Waals surface area contributed by atoms with Crippen LogP contribution in [-0.2, 0) is 6.54 Å². The molecule has 5 nitrogen and oxygen atoms in total. The summed E-state index contributed by atoms with van der Waals surface area (Å²) in [7, 11) is 0. The van der Waals surface area contributed by atoms with Crippen molar-refractivity contribution in [2.45, 2.75) is 6.54 Å². The van der Waals surface area contributed by atoms with Crippen molar-refractivity contribution in [3.05, 3.63) is 125 Å². The molecule has 1 heterocycles. The summed E-state index contributed by atoms with van der Waals surface area (Å²) < 4.78 is 2.12. The van der Waals surface area contributed by atoms with Gasteiger partial charge in [0.15, 0.2) is 5.43 Å². The second-order valence-electron chi connectivity index (χ2n) is 8.17. The lowest BCUT2D eigenvalue weighted by atomic mass is 10.0. The Morgan fingerprint density at radius 3 is 1.91 bits per heavy atom. The molecule has 0 aliphatic heterocycles. The molecule has 4 aromatic carbocycles. The molecule has 1 amide bonds. The molecule has 0 atom stereocenters. The van der Waals surface area contributed by atoms with Crippen LogP contribution in [0.2, 0.25) is 0 Å². The maximum Gasteiger partial charge on any atom is 0.255 e. The molecule has 0 saturated carbocycles. The molecule has 5 rings (SSSR count). The minimum absolute atomic E-state index is 0.0301. The Balaban J connectivity index is 1.44. The fourth-order valence-corrected chi connectivity index (χ4v) is 4.19. The number of anilines is 2. The van der Waals surface area contributed by atoms with Crippen molar-refractivity contribution in [3.8, 4) is 0 Å². The van der Waals surface area contributed by atoms with E-state index in [1.807, 2.05) is 72.8 Å². The molecule has 0 radical (unpaired) electrons. The second kappa shape index (κ2) is 8.71. The zero-order valence-corrected chi connectivity index (χ0v) is 18.5. The largest absolute Gasteiger partial charge is 0.397 e. The molecule has 1 aromatic heterocycles. The fourth-order valence-electron chi connectivity index (χ4n) is 4.19. The average molecular weight is 446 g/mol. The molecule has 0 spiro atoms. The van der Waals surface area contributed by atoms with Crippen LogP contribution in [0.1, 0.15) is 15.9 Å². The highest BCUT2D eigenvalue weighted by molar-refractivity contribution is 6.05. The van der Waals surface area contributed by atoms with Gasteiger partial charge in [0.25, 0.3) is 5.91 Å². The van der Waals surface area contributed by atoms with Crippen LogP contribution < -0.4 is 16.5 Å². The van der Waals surface area contributed by atoms with Gasteiger partial charge in [0, 0.05) is 22.9 Å². The van der Waals surface area contributed by atoms with Crippen LogP contribution in [-0.4, -0.2) is 10.5 Å². The molecular formula is C29H23N3O2. The van der Waals surface area contributed by atoms with Crippen molar-refractivity contribution < 1.29 is 4.79 Å². The summed E-state index contributed by atoms with van der Waals surface area (Å²) >= 11 is 0. The van der Waals surface area contributed by atoms with E-state index >= 15 is 0 Å². The zero-order valence-electron chi connectivity index (χ0n) is 18.5. The number of aromatic nitrogens is 1. The molecule has 0 fully saturated rings. The van der Waals surface area contributed by atoms with E-state index in [0.29, 0.717) is 34.3 Å². The number of amides is 1. The van der Waals surface area contributed by atoms with Gasteiger partial charge < -0.3 is 15.6 Å². The first-order valence-corrected chi connectivity index (χ1v) is 11.0. The lowest BCUT2D eigenvalue weighted by Gasteiger charge is -2.17. The number of hydrogen-bond acceptors (Lipinski definition) is 3. The van der Waals surface area contributed by atoms with Crippen molar-refractivity contribution >= 4 is 44.7 Å². The third-order valence-electron chi connectivity index (χ3n) is 5.99. The van der Waals surface area contributed by atoms with Crippen LogP contribution in [0.5, 0.6) is 0 Å². The number of benzene rings is 4. The highest BCUT2D eigenvalue weighted by atomic mass is 16.1. The molecule has 0 saturated heterocycles. The van der Waals surface area contributed by atoms with E-state index in [1.54, 1.807) is 24.3 Å². The summed E-state index contributed by atoms with van der Waals surface area (Å²) in [6.07, 6.45) is 0. The van der Waals surface area contributed by atoms with E-state index in [0.717, 1.165) is 22.2 Å². The Labute approximate surface area is 196 Å². The van der Waals surface area contributed by atoms with E-state index in [1.165, 1.54) is 0 Å². The average Bonchev–Trinajstić information content (AvgIpc) is 2.88. The number of hydrogen-bond donors (Lipinski definition) is 2. The van der Waals surface area contributed by atoms with Crippen LogP contribution >= 0.6 is 0 Å². The van der Waals surface area contributed by atoms with Gasteiger partial charge in [0.05, 0.1) is 22.4 Å². The summed E-state index contributed by atoms with van der Waals surface area (Å²) in [5.74, 6) is -0.229. The number of carbonyl (C=O) groups excluding carboxylic acids is 1. The van der Waals surface area contributed by atoms with Crippen LogP contribution in [0.25, 0.3) is 27.4 Å². The van der Waals surface area contributed by atoms with Gasteiger partial charge in [-0.3, -0.25) is 9.59 Å². The van der Waals surface area contributed by atoms with Crippen LogP contribution in [0.4, 0.5) is 11.4 Å². The van der Waals surface area contributed by atoms with Crippen molar-refractivity contribution in [3.63, 3.8) is 0 Å². The van der Waals surface area contributed by atoms with Gasteiger partial charge in [-0.2, -0.15) is 0 Å². The number of pyridine rings is 1. The Morgan fingerprint density at radius 2 is 1.29 bits per heavy atom. The number of rotatable bonds is 5. The summed E-state index contributed by atoms with van der Waals surface area (Å²) in [5.41, 5.74) is 11.1. The van der Waals surface area contributed by atoms with Gasteiger partial charge in [0.1, 0.15) is 0 Å². The molecule has 5 heteroatoms. The van der Waals surface area contributed by atoms with Crippen LogP contribution in [0.3, 0.4) is 0 Å². The summed E-state index contributed by atoms with van der Waals surface area (Å²) in [4.78, 5) is 25.6. The normalized spacial score (nSPS) is 10.9. The maximum absolute atomic E-state index is 13.0. The number of nitrogens with zero attached hydrogens (tertiary/aromatic N) is 1. The third kappa shape index (κ3) is 3.84. The monoisotopic (exact) mass is 445 g/mol. The fraction of sp³-hybridized carbons (Fsp3) is 0.0345. The van der Waals surface area contributed by atoms with Gasteiger partial charge in [0.2, 0.25) is 0 Å². The van der Waals surface area contributed by atoms with Gasteiger partial charge in [-0.05, 0) is 59.7 Å².